The molecule has 5 nitrogen and oxygen atoms in total. The first kappa shape index (κ1) is 13.1. The van der Waals surface area contributed by atoms with Crippen LogP contribution in [-0.4, -0.2) is 18.9 Å². The van der Waals surface area contributed by atoms with Crippen molar-refractivity contribution in [2.45, 2.75) is 4.90 Å². The van der Waals surface area contributed by atoms with Crippen molar-refractivity contribution in [3.63, 3.8) is 0 Å². The lowest BCUT2D eigenvalue weighted by atomic mass is 10.3. The molecule has 0 aliphatic heterocycles. The first-order chi connectivity index (χ1) is 8.45. The summed E-state index contributed by atoms with van der Waals surface area (Å²) in [6.45, 7) is 0. The molecule has 96 valence electrons. The minimum Gasteiger partial charge on any atom is -0.497 e. The van der Waals surface area contributed by atoms with Gasteiger partial charge in [0, 0.05) is 6.07 Å². The van der Waals surface area contributed by atoms with E-state index in [0.29, 0.717) is 20.6 Å². The molecule has 2 aromatic rings. The van der Waals surface area contributed by atoms with Gasteiger partial charge in [-0.2, -0.15) is 8.42 Å². The van der Waals surface area contributed by atoms with E-state index < -0.39 is 15.6 Å². The topological polar surface area (TPSA) is 65.4 Å². The fourth-order valence-corrected chi connectivity index (χ4v) is 4.04. The first-order valence-electron chi connectivity index (χ1n) is 4.73. The summed E-state index contributed by atoms with van der Waals surface area (Å²) in [6.07, 6.45) is 0. The number of nitrogens with zero attached hydrogens (tertiary/aromatic N) is 1. The first-order valence-corrected chi connectivity index (χ1v) is 7.33. The molecule has 0 fully saturated rings. The molecular formula is C10H8ClNO4S2. The molecule has 0 saturated carbocycles. The van der Waals surface area contributed by atoms with Crippen LogP contribution in [0.5, 0.6) is 5.75 Å². The van der Waals surface area contributed by atoms with E-state index in [2.05, 4.69) is 0 Å². The molecule has 0 saturated heterocycles. The molecule has 0 spiro atoms. The van der Waals surface area contributed by atoms with Gasteiger partial charge in [0.05, 0.1) is 12.0 Å². The lowest BCUT2D eigenvalue weighted by molar-refractivity contribution is 0.414. The van der Waals surface area contributed by atoms with Crippen LogP contribution in [0.15, 0.2) is 40.0 Å². The number of ether oxygens (including phenoxy) is 1. The molecule has 0 atom stereocenters. The summed E-state index contributed by atoms with van der Waals surface area (Å²) in [5, 5.41) is 0. The second kappa shape index (κ2) is 4.75. The molecule has 1 aromatic heterocycles. The smallest absolute Gasteiger partial charge is 0.279 e. The van der Waals surface area contributed by atoms with Gasteiger partial charge in [0.1, 0.15) is 10.1 Å². The minimum atomic E-state index is -3.89. The van der Waals surface area contributed by atoms with Gasteiger partial charge < -0.3 is 4.74 Å². The maximum Gasteiger partial charge on any atom is 0.279 e. The average molecular weight is 306 g/mol. The van der Waals surface area contributed by atoms with E-state index in [1.54, 1.807) is 0 Å². The van der Waals surface area contributed by atoms with Crippen molar-refractivity contribution in [2.24, 2.45) is 0 Å². The summed E-state index contributed by atoms with van der Waals surface area (Å²) in [4.78, 5) is 11.5. The molecule has 0 aliphatic carbocycles. The third kappa shape index (κ3) is 2.29. The maximum absolute atomic E-state index is 12.1. The summed E-state index contributed by atoms with van der Waals surface area (Å²) in [5.74, 6) is 0.533. The Morgan fingerprint density at radius 1 is 1.28 bits per heavy atom. The molecule has 2 rings (SSSR count). The third-order valence-corrected chi connectivity index (χ3v) is 5.41. The molecule has 8 heteroatoms. The van der Waals surface area contributed by atoms with Gasteiger partial charge in [-0.15, -0.1) is 3.36 Å². The Morgan fingerprint density at radius 2 is 1.89 bits per heavy atom. The second-order valence-electron chi connectivity index (χ2n) is 3.29. The van der Waals surface area contributed by atoms with Crippen LogP contribution >= 0.6 is 23.1 Å². The van der Waals surface area contributed by atoms with Crippen LogP contribution in [0, 0.1) is 0 Å². The van der Waals surface area contributed by atoms with Gasteiger partial charge in [-0.3, -0.25) is 4.79 Å². The number of aromatic nitrogens is 1. The molecule has 0 amide bonds. The summed E-state index contributed by atoms with van der Waals surface area (Å²) in [5.41, 5.74) is -0.666. The largest absolute Gasteiger partial charge is 0.497 e. The van der Waals surface area contributed by atoms with Crippen molar-refractivity contribution < 1.29 is 13.2 Å². The zero-order chi connectivity index (χ0) is 13.3. The standard InChI is InChI=1S/C10H8ClNO4S2/c1-16-7-2-4-8(5-3-7)18(14,15)12-10(13)6-9(11)17-12/h2-6H,1H3. The van der Waals surface area contributed by atoms with Crippen molar-refractivity contribution in [1.29, 1.82) is 0 Å². The number of hydrogen-bond acceptors (Lipinski definition) is 5. The van der Waals surface area contributed by atoms with Gasteiger partial charge in [-0.05, 0) is 35.8 Å². The lowest BCUT2D eigenvalue weighted by Gasteiger charge is -2.04. The highest BCUT2D eigenvalue weighted by molar-refractivity contribution is 7.91. The molecule has 1 heterocycles. The van der Waals surface area contributed by atoms with Crippen molar-refractivity contribution in [3.8, 4) is 5.75 Å². The normalized spacial score (nSPS) is 11.4. The van der Waals surface area contributed by atoms with Gasteiger partial charge in [0.15, 0.2) is 0 Å². The number of benzene rings is 1. The minimum absolute atomic E-state index is 0.00363. The highest BCUT2D eigenvalue weighted by Crippen LogP contribution is 2.21. The summed E-state index contributed by atoms with van der Waals surface area (Å²) < 4.78 is 30.0. The third-order valence-electron chi connectivity index (χ3n) is 2.16. The molecule has 0 aliphatic rings. The van der Waals surface area contributed by atoms with Gasteiger partial charge in [-0.25, -0.2) is 0 Å². The lowest BCUT2D eigenvalue weighted by Crippen LogP contribution is -2.21. The predicted octanol–water partition coefficient (Wildman–Crippen LogP) is 1.81. The highest BCUT2D eigenvalue weighted by atomic mass is 35.5. The maximum atomic E-state index is 12.1. The number of rotatable bonds is 3. The Hall–Kier alpha value is -1.31. The molecule has 0 radical (unpaired) electrons. The second-order valence-corrected chi connectivity index (χ2v) is 6.92. The fraction of sp³-hybridized carbons (Fsp3) is 0.100. The molecule has 0 N–H and O–H groups in total. The van der Waals surface area contributed by atoms with Crippen LogP contribution in [0.25, 0.3) is 0 Å². The van der Waals surface area contributed by atoms with E-state index in [4.69, 9.17) is 16.3 Å². The van der Waals surface area contributed by atoms with Gasteiger partial charge in [0.2, 0.25) is 0 Å². The Bertz CT molecular complexity index is 715. The van der Waals surface area contributed by atoms with Crippen molar-refractivity contribution >= 4 is 33.2 Å². The van der Waals surface area contributed by atoms with Crippen LogP contribution in [-0.2, 0) is 10.0 Å². The Labute approximate surface area is 112 Å². The molecule has 0 unspecified atom stereocenters. The van der Waals surface area contributed by atoms with Gasteiger partial charge in [-0.1, -0.05) is 11.6 Å². The van der Waals surface area contributed by atoms with Crippen LogP contribution in [0.2, 0.25) is 4.34 Å². The molecule has 1 aromatic carbocycles. The van der Waals surface area contributed by atoms with E-state index in [-0.39, 0.29) is 9.23 Å². The zero-order valence-corrected chi connectivity index (χ0v) is 11.6. The summed E-state index contributed by atoms with van der Waals surface area (Å²) in [6, 6.07) is 6.82. The quantitative estimate of drug-likeness (QED) is 0.867. The number of hydrogen-bond donors (Lipinski definition) is 0. The monoisotopic (exact) mass is 305 g/mol. The highest BCUT2D eigenvalue weighted by Gasteiger charge is 2.20. The van der Waals surface area contributed by atoms with Gasteiger partial charge >= 0.3 is 0 Å². The average Bonchev–Trinajstić information content (AvgIpc) is 2.69. The fourth-order valence-electron chi connectivity index (χ4n) is 1.31. The van der Waals surface area contributed by atoms with Crippen LogP contribution < -0.4 is 10.3 Å². The zero-order valence-electron chi connectivity index (χ0n) is 9.16. The Morgan fingerprint density at radius 3 is 2.33 bits per heavy atom. The number of halogens is 1. The SMILES string of the molecule is COc1ccc(S(=O)(=O)n2sc(Cl)cc2=O)cc1. The van der Waals surface area contributed by atoms with Crippen LogP contribution in [0.3, 0.4) is 0 Å². The van der Waals surface area contributed by atoms with E-state index in [0.717, 1.165) is 6.07 Å². The van der Waals surface area contributed by atoms with Crippen LogP contribution in [0.4, 0.5) is 0 Å². The van der Waals surface area contributed by atoms with E-state index >= 15 is 0 Å². The van der Waals surface area contributed by atoms with E-state index in [1.807, 2.05) is 0 Å². The Balaban J connectivity index is 2.54. The van der Waals surface area contributed by atoms with E-state index in [9.17, 15) is 13.2 Å². The van der Waals surface area contributed by atoms with E-state index in [1.165, 1.54) is 31.4 Å². The summed E-state index contributed by atoms with van der Waals surface area (Å²) >= 11 is 6.30. The molecule has 18 heavy (non-hydrogen) atoms. The van der Waals surface area contributed by atoms with Crippen LogP contribution in [0.1, 0.15) is 0 Å². The van der Waals surface area contributed by atoms with Crippen molar-refractivity contribution in [1.82, 2.24) is 3.36 Å². The van der Waals surface area contributed by atoms with Crippen molar-refractivity contribution in [2.75, 3.05) is 7.11 Å². The number of methoxy groups -OCH3 is 1. The summed E-state index contributed by atoms with van der Waals surface area (Å²) in [7, 11) is -2.41. The molecule has 0 bridgehead atoms. The predicted molar refractivity (Wildman–Crippen MR) is 69.2 cm³/mol. The van der Waals surface area contributed by atoms with Crippen molar-refractivity contribution in [3.05, 3.63) is 45.0 Å². The van der Waals surface area contributed by atoms with Gasteiger partial charge in [0.25, 0.3) is 15.6 Å². The Kier molecular flexibility index (Phi) is 3.47. The molecular weight excluding hydrogens is 298 g/mol.